The number of rotatable bonds is 2. The van der Waals surface area contributed by atoms with Gasteiger partial charge in [-0.3, -0.25) is 4.90 Å². The summed E-state index contributed by atoms with van der Waals surface area (Å²) in [4.78, 5) is 8.36. The molecule has 0 bridgehead atoms. The Morgan fingerprint density at radius 3 is 3.14 bits per heavy atom. The molecule has 0 amide bonds. The molecule has 1 saturated heterocycles. The molecular weight excluding hydrogens is 212 g/mol. The Kier molecular flexibility index (Phi) is 3.47. The van der Waals surface area contributed by atoms with E-state index in [1.54, 1.807) is 0 Å². The highest BCUT2D eigenvalue weighted by molar-refractivity contribution is 7.99. The molecule has 1 aliphatic rings. The molecule has 1 aromatic heterocycles. The predicted octanol–water partition coefficient (Wildman–Crippen LogP) is 2.43. The van der Waals surface area contributed by atoms with Crippen molar-refractivity contribution in [3.63, 3.8) is 0 Å². The van der Waals surface area contributed by atoms with Crippen LogP contribution in [-0.4, -0.2) is 35.0 Å². The van der Waals surface area contributed by atoms with E-state index in [4.69, 9.17) is 0 Å². The van der Waals surface area contributed by atoms with Crippen LogP contribution in [-0.2, 0) is 6.42 Å². The minimum Gasteiger partial charge on any atom is -0.296 e. The summed E-state index contributed by atoms with van der Waals surface area (Å²) in [7, 11) is 2.21. The molecule has 1 aromatic rings. The van der Waals surface area contributed by atoms with E-state index in [-0.39, 0.29) is 0 Å². The number of hydrogen-bond donors (Lipinski definition) is 0. The maximum Gasteiger partial charge on any atom is 0.111 e. The second-order valence-corrected chi connectivity index (χ2v) is 5.89. The van der Waals surface area contributed by atoms with Crippen molar-refractivity contribution < 1.29 is 0 Å². The second kappa shape index (κ2) is 4.64. The highest BCUT2D eigenvalue weighted by Gasteiger charge is 2.23. The lowest BCUT2D eigenvalue weighted by Gasteiger charge is -2.30. The summed E-state index contributed by atoms with van der Waals surface area (Å²) in [5.41, 5.74) is 0. The number of hydrogen-bond acceptors (Lipinski definition) is 4. The van der Waals surface area contributed by atoms with E-state index >= 15 is 0 Å². The summed E-state index contributed by atoms with van der Waals surface area (Å²) in [6.45, 7) is 3.38. The van der Waals surface area contributed by atoms with Gasteiger partial charge < -0.3 is 0 Å². The Bertz CT molecular complexity index is 298. The molecule has 1 unspecified atom stereocenters. The van der Waals surface area contributed by atoms with E-state index in [1.807, 2.05) is 29.3 Å². The van der Waals surface area contributed by atoms with Gasteiger partial charge in [0.15, 0.2) is 0 Å². The molecule has 1 aliphatic heterocycles. The normalized spacial score (nSPS) is 24.0. The average molecular weight is 228 g/mol. The Morgan fingerprint density at radius 1 is 1.64 bits per heavy atom. The largest absolute Gasteiger partial charge is 0.296 e. The van der Waals surface area contributed by atoms with Crippen LogP contribution in [0.2, 0.25) is 0 Å². The van der Waals surface area contributed by atoms with E-state index in [9.17, 15) is 0 Å². The van der Waals surface area contributed by atoms with Gasteiger partial charge in [-0.05, 0) is 13.5 Å². The second-order valence-electron chi connectivity index (χ2n) is 3.59. The summed E-state index contributed by atoms with van der Waals surface area (Å²) in [6.07, 6.45) is 3.15. The lowest BCUT2D eigenvalue weighted by Crippen LogP contribution is -2.32. The number of aryl methyl sites for hydroxylation is 1. The fraction of sp³-hybridized carbons (Fsp3) is 0.700. The van der Waals surface area contributed by atoms with Crippen LogP contribution in [0.5, 0.6) is 0 Å². The van der Waals surface area contributed by atoms with Crippen molar-refractivity contribution in [1.82, 2.24) is 9.88 Å². The molecule has 0 aromatic carbocycles. The third-order valence-electron chi connectivity index (χ3n) is 2.60. The average Bonchev–Trinajstić information content (AvgIpc) is 2.67. The van der Waals surface area contributed by atoms with Crippen LogP contribution in [0, 0.1) is 0 Å². The first kappa shape index (κ1) is 10.5. The first-order chi connectivity index (χ1) is 6.81. The van der Waals surface area contributed by atoms with Crippen molar-refractivity contribution >= 4 is 23.1 Å². The molecule has 2 rings (SSSR count). The summed E-state index contributed by atoms with van der Waals surface area (Å²) in [5.74, 6) is 2.46. The molecule has 0 spiro atoms. The van der Waals surface area contributed by atoms with E-state index in [1.165, 1.54) is 27.9 Å². The van der Waals surface area contributed by atoms with Crippen LogP contribution in [0.15, 0.2) is 6.20 Å². The zero-order valence-electron chi connectivity index (χ0n) is 8.69. The molecule has 14 heavy (non-hydrogen) atoms. The minimum atomic E-state index is 0.555. The van der Waals surface area contributed by atoms with Crippen LogP contribution in [0.25, 0.3) is 0 Å². The standard InChI is InChI=1S/C10H16N2S2/c1-3-8-6-11-10(14-8)9-7-13-5-4-12(9)2/h6,9H,3-5,7H2,1-2H3. The van der Waals surface area contributed by atoms with Gasteiger partial charge in [-0.25, -0.2) is 4.98 Å². The zero-order valence-corrected chi connectivity index (χ0v) is 10.3. The summed E-state index contributed by atoms with van der Waals surface area (Å²) in [5, 5.41) is 1.30. The van der Waals surface area contributed by atoms with Crippen molar-refractivity contribution in [2.45, 2.75) is 19.4 Å². The van der Waals surface area contributed by atoms with E-state index in [0.717, 1.165) is 6.42 Å². The highest BCUT2D eigenvalue weighted by Crippen LogP contribution is 2.30. The predicted molar refractivity (Wildman–Crippen MR) is 64.2 cm³/mol. The van der Waals surface area contributed by atoms with Crippen LogP contribution in [0.3, 0.4) is 0 Å². The van der Waals surface area contributed by atoms with Crippen LogP contribution >= 0.6 is 23.1 Å². The molecule has 1 fully saturated rings. The fourth-order valence-electron chi connectivity index (χ4n) is 1.59. The highest BCUT2D eigenvalue weighted by atomic mass is 32.2. The van der Waals surface area contributed by atoms with Gasteiger partial charge >= 0.3 is 0 Å². The zero-order chi connectivity index (χ0) is 9.97. The van der Waals surface area contributed by atoms with Gasteiger partial charge in [0, 0.05) is 29.1 Å². The molecule has 2 nitrogen and oxygen atoms in total. The first-order valence-corrected chi connectivity index (χ1v) is 7.01. The van der Waals surface area contributed by atoms with Crippen molar-refractivity contribution in [3.8, 4) is 0 Å². The van der Waals surface area contributed by atoms with Gasteiger partial charge in [0.2, 0.25) is 0 Å². The Balaban J connectivity index is 2.12. The molecular formula is C10H16N2S2. The topological polar surface area (TPSA) is 16.1 Å². The van der Waals surface area contributed by atoms with Crippen molar-refractivity contribution in [1.29, 1.82) is 0 Å². The van der Waals surface area contributed by atoms with E-state index < -0.39 is 0 Å². The molecule has 0 N–H and O–H groups in total. The van der Waals surface area contributed by atoms with Crippen molar-refractivity contribution in [3.05, 3.63) is 16.1 Å². The summed E-state index contributed by atoms with van der Waals surface area (Å²) >= 11 is 3.92. The quantitative estimate of drug-likeness (QED) is 0.773. The smallest absolute Gasteiger partial charge is 0.111 e. The molecule has 0 saturated carbocycles. The molecule has 2 heterocycles. The maximum atomic E-state index is 4.52. The van der Waals surface area contributed by atoms with Gasteiger partial charge in [-0.2, -0.15) is 11.8 Å². The number of aromatic nitrogens is 1. The van der Waals surface area contributed by atoms with Gasteiger partial charge in [-0.15, -0.1) is 11.3 Å². The Morgan fingerprint density at radius 2 is 2.50 bits per heavy atom. The lowest BCUT2D eigenvalue weighted by molar-refractivity contribution is 0.274. The van der Waals surface area contributed by atoms with Gasteiger partial charge in [0.1, 0.15) is 5.01 Å². The minimum absolute atomic E-state index is 0.555. The SMILES string of the molecule is CCc1cnc(C2CSCCN2C)s1. The summed E-state index contributed by atoms with van der Waals surface area (Å²) in [6, 6.07) is 0.555. The summed E-state index contributed by atoms with van der Waals surface area (Å²) < 4.78 is 0. The number of thioether (sulfide) groups is 1. The van der Waals surface area contributed by atoms with Gasteiger partial charge in [-0.1, -0.05) is 6.92 Å². The van der Waals surface area contributed by atoms with Crippen LogP contribution in [0.4, 0.5) is 0 Å². The first-order valence-electron chi connectivity index (χ1n) is 5.04. The molecule has 4 heteroatoms. The molecule has 0 radical (unpaired) electrons. The lowest BCUT2D eigenvalue weighted by atomic mass is 10.3. The molecule has 1 atom stereocenters. The van der Waals surface area contributed by atoms with E-state index in [2.05, 4.69) is 23.9 Å². The van der Waals surface area contributed by atoms with Gasteiger partial charge in [0.25, 0.3) is 0 Å². The van der Waals surface area contributed by atoms with E-state index in [0.29, 0.717) is 6.04 Å². The monoisotopic (exact) mass is 228 g/mol. The van der Waals surface area contributed by atoms with Crippen molar-refractivity contribution in [2.75, 3.05) is 25.1 Å². The van der Waals surface area contributed by atoms with Crippen molar-refractivity contribution in [2.24, 2.45) is 0 Å². The Hall–Kier alpha value is -0.0600. The maximum absolute atomic E-state index is 4.52. The van der Waals surface area contributed by atoms with Gasteiger partial charge in [0.05, 0.1) is 6.04 Å². The molecule has 78 valence electrons. The van der Waals surface area contributed by atoms with Crippen LogP contribution < -0.4 is 0 Å². The third-order valence-corrected chi connectivity index (χ3v) is 4.87. The Labute approximate surface area is 93.7 Å². The number of nitrogens with zero attached hydrogens (tertiary/aromatic N) is 2. The fourth-order valence-corrected chi connectivity index (χ4v) is 3.93. The third kappa shape index (κ3) is 2.12. The van der Waals surface area contributed by atoms with Crippen LogP contribution in [0.1, 0.15) is 22.9 Å². The number of thiazole rings is 1. The molecule has 0 aliphatic carbocycles.